The first-order chi connectivity index (χ1) is 8.15. The maximum Gasteiger partial charge on any atom is 0.0757 e. The van der Waals surface area contributed by atoms with Crippen LogP contribution in [0.1, 0.15) is 23.0 Å². The molecule has 2 aromatic heterocycles. The maximum absolute atomic E-state index is 6.08. The third kappa shape index (κ3) is 3.31. The third-order valence-corrected chi connectivity index (χ3v) is 2.83. The fourth-order valence-corrected chi connectivity index (χ4v) is 1.93. The van der Waals surface area contributed by atoms with Gasteiger partial charge in [0.05, 0.1) is 23.6 Å². The van der Waals surface area contributed by atoms with Crippen molar-refractivity contribution in [3.8, 4) is 0 Å². The van der Waals surface area contributed by atoms with Crippen LogP contribution in [0.3, 0.4) is 0 Å². The minimum atomic E-state index is -0.154. The van der Waals surface area contributed by atoms with Crippen molar-refractivity contribution in [3.63, 3.8) is 0 Å². The zero-order chi connectivity index (χ0) is 12.3. The second kappa shape index (κ2) is 5.33. The highest BCUT2D eigenvalue weighted by Crippen LogP contribution is 2.16. The number of hydrogen-bond donors (Lipinski definition) is 1. The molecule has 0 aliphatic rings. The van der Waals surface area contributed by atoms with Crippen LogP contribution in [0.15, 0.2) is 35.3 Å². The van der Waals surface area contributed by atoms with Gasteiger partial charge in [0.1, 0.15) is 0 Å². The van der Waals surface area contributed by atoms with Gasteiger partial charge < -0.3 is 5.73 Å². The predicted molar refractivity (Wildman–Crippen MR) is 69.3 cm³/mol. The number of pyridine rings is 1. The fourth-order valence-electron chi connectivity index (χ4n) is 1.52. The summed E-state index contributed by atoms with van der Waals surface area (Å²) in [6.07, 6.45) is 7.72. The van der Waals surface area contributed by atoms with Gasteiger partial charge in [0.2, 0.25) is 0 Å². The lowest BCUT2D eigenvalue weighted by Crippen LogP contribution is -2.15. The van der Waals surface area contributed by atoms with Gasteiger partial charge in [-0.1, -0.05) is 0 Å². The van der Waals surface area contributed by atoms with Gasteiger partial charge in [-0.2, -0.15) is 0 Å². The Bertz CT molecular complexity index is 498. The first kappa shape index (κ1) is 12.1. The predicted octanol–water partition coefficient (Wildman–Crippen LogP) is 2.19. The van der Waals surface area contributed by atoms with Gasteiger partial charge in [-0.25, -0.2) is 0 Å². The van der Waals surface area contributed by atoms with Crippen molar-refractivity contribution in [2.75, 3.05) is 0 Å². The lowest BCUT2D eigenvalue weighted by molar-refractivity contribution is 0.687. The van der Waals surface area contributed by atoms with Crippen LogP contribution < -0.4 is 5.73 Å². The highest BCUT2D eigenvalue weighted by molar-refractivity contribution is 9.10. The zero-order valence-electron chi connectivity index (χ0n) is 9.47. The largest absolute Gasteiger partial charge is 0.322 e. The fraction of sp³-hybridized carbons (Fsp3) is 0.250. The van der Waals surface area contributed by atoms with Gasteiger partial charge in [0.25, 0.3) is 0 Å². The smallest absolute Gasteiger partial charge is 0.0757 e. The first-order valence-electron chi connectivity index (χ1n) is 5.28. The van der Waals surface area contributed by atoms with Crippen LogP contribution >= 0.6 is 15.9 Å². The monoisotopic (exact) mass is 292 g/mol. The van der Waals surface area contributed by atoms with Crippen molar-refractivity contribution < 1.29 is 0 Å². The quantitative estimate of drug-likeness (QED) is 0.942. The molecule has 0 amide bonds. The molecular weight excluding hydrogens is 280 g/mol. The van der Waals surface area contributed by atoms with Gasteiger partial charge >= 0.3 is 0 Å². The average molecular weight is 293 g/mol. The number of halogens is 1. The first-order valence-corrected chi connectivity index (χ1v) is 6.08. The molecule has 0 fully saturated rings. The second-order valence-corrected chi connectivity index (χ2v) is 4.82. The van der Waals surface area contributed by atoms with Crippen molar-refractivity contribution in [2.45, 2.75) is 19.4 Å². The molecule has 0 saturated heterocycles. The molecule has 1 atom stereocenters. The molecule has 0 spiro atoms. The number of aromatic nitrogens is 3. The van der Waals surface area contributed by atoms with Gasteiger partial charge in [0.15, 0.2) is 0 Å². The van der Waals surface area contributed by atoms with E-state index < -0.39 is 0 Å². The molecule has 4 nitrogen and oxygen atoms in total. The number of rotatable bonds is 3. The summed E-state index contributed by atoms with van der Waals surface area (Å²) >= 11 is 3.39. The molecule has 0 bridgehead atoms. The van der Waals surface area contributed by atoms with Crippen LogP contribution in [0.2, 0.25) is 0 Å². The van der Waals surface area contributed by atoms with Crippen LogP contribution in [-0.2, 0) is 6.42 Å². The molecule has 2 heterocycles. The Morgan fingerprint density at radius 1 is 1.24 bits per heavy atom. The zero-order valence-corrected chi connectivity index (χ0v) is 11.1. The van der Waals surface area contributed by atoms with Crippen LogP contribution in [-0.4, -0.2) is 15.0 Å². The molecule has 2 N–H and O–H groups in total. The lowest BCUT2D eigenvalue weighted by atomic mass is 10.1. The van der Waals surface area contributed by atoms with E-state index in [2.05, 4.69) is 30.9 Å². The molecule has 88 valence electrons. The van der Waals surface area contributed by atoms with E-state index in [0.29, 0.717) is 6.42 Å². The van der Waals surface area contributed by atoms with Crippen LogP contribution in [0.25, 0.3) is 0 Å². The normalized spacial score (nSPS) is 12.4. The van der Waals surface area contributed by atoms with E-state index in [1.54, 1.807) is 18.6 Å². The minimum absolute atomic E-state index is 0.154. The van der Waals surface area contributed by atoms with E-state index in [9.17, 15) is 0 Å². The molecule has 0 radical (unpaired) electrons. The summed E-state index contributed by atoms with van der Waals surface area (Å²) in [7, 11) is 0. The number of aryl methyl sites for hydroxylation is 1. The number of nitrogens with zero attached hydrogens (tertiary/aromatic N) is 3. The van der Waals surface area contributed by atoms with E-state index in [-0.39, 0.29) is 6.04 Å². The molecule has 0 saturated carbocycles. The molecule has 2 rings (SSSR count). The standard InChI is InChI=1S/C12H13BrN4/c1-8-4-17-12(7-16-8)11(14)3-9-2-10(13)6-15-5-9/h2,4-7,11H,3,14H2,1H3. The molecule has 0 aliphatic heterocycles. The SMILES string of the molecule is Cc1cnc(C(N)Cc2cncc(Br)c2)cn1. The lowest BCUT2D eigenvalue weighted by Gasteiger charge is -2.10. The van der Waals surface area contributed by atoms with E-state index in [1.807, 2.05) is 19.2 Å². The number of nitrogens with two attached hydrogens (primary N) is 1. The Kier molecular flexibility index (Phi) is 3.81. The summed E-state index contributed by atoms with van der Waals surface area (Å²) in [4.78, 5) is 12.6. The molecule has 2 aromatic rings. The molecule has 17 heavy (non-hydrogen) atoms. The summed E-state index contributed by atoms with van der Waals surface area (Å²) in [5, 5.41) is 0. The molecule has 0 aromatic carbocycles. The van der Waals surface area contributed by atoms with Crippen molar-refractivity contribution in [3.05, 3.63) is 52.3 Å². The van der Waals surface area contributed by atoms with Crippen molar-refractivity contribution in [1.29, 1.82) is 0 Å². The van der Waals surface area contributed by atoms with E-state index >= 15 is 0 Å². The van der Waals surface area contributed by atoms with Crippen LogP contribution in [0.5, 0.6) is 0 Å². The van der Waals surface area contributed by atoms with Crippen LogP contribution in [0, 0.1) is 6.92 Å². The molecular formula is C12H13BrN4. The van der Waals surface area contributed by atoms with E-state index in [1.165, 1.54) is 0 Å². The molecule has 1 unspecified atom stereocenters. The summed E-state index contributed by atoms with van der Waals surface area (Å²) in [6.45, 7) is 1.90. The third-order valence-electron chi connectivity index (χ3n) is 2.40. The topological polar surface area (TPSA) is 64.7 Å². The van der Waals surface area contributed by atoms with E-state index in [4.69, 9.17) is 5.73 Å². The summed E-state index contributed by atoms with van der Waals surface area (Å²) in [6, 6.07) is 1.85. The van der Waals surface area contributed by atoms with Gasteiger partial charge in [-0.15, -0.1) is 0 Å². The van der Waals surface area contributed by atoms with Gasteiger partial charge in [0, 0.05) is 23.1 Å². The van der Waals surface area contributed by atoms with Crippen molar-refractivity contribution in [2.24, 2.45) is 5.73 Å². The molecule has 5 heteroatoms. The summed E-state index contributed by atoms with van der Waals surface area (Å²) < 4.78 is 0.956. The van der Waals surface area contributed by atoms with Gasteiger partial charge in [-0.05, 0) is 40.9 Å². The minimum Gasteiger partial charge on any atom is -0.322 e. The Balaban J connectivity index is 2.11. The Labute approximate surface area is 108 Å². The van der Waals surface area contributed by atoms with Crippen molar-refractivity contribution in [1.82, 2.24) is 15.0 Å². The Morgan fingerprint density at radius 3 is 2.71 bits per heavy atom. The van der Waals surface area contributed by atoms with Crippen molar-refractivity contribution >= 4 is 15.9 Å². The van der Waals surface area contributed by atoms with Crippen LogP contribution in [0.4, 0.5) is 0 Å². The highest BCUT2D eigenvalue weighted by atomic mass is 79.9. The van der Waals surface area contributed by atoms with Gasteiger partial charge in [-0.3, -0.25) is 15.0 Å². The Hall–Kier alpha value is -1.33. The Morgan fingerprint density at radius 2 is 2.06 bits per heavy atom. The number of hydrogen-bond acceptors (Lipinski definition) is 4. The molecule has 0 aliphatic carbocycles. The highest BCUT2D eigenvalue weighted by Gasteiger charge is 2.09. The van der Waals surface area contributed by atoms with E-state index in [0.717, 1.165) is 21.4 Å². The summed E-state index contributed by atoms with van der Waals surface area (Å²) in [5.41, 5.74) is 8.85. The average Bonchev–Trinajstić information content (AvgIpc) is 2.29. The second-order valence-electron chi connectivity index (χ2n) is 3.90. The summed E-state index contributed by atoms with van der Waals surface area (Å²) in [5.74, 6) is 0. The maximum atomic E-state index is 6.08.